The molecule has 0 aliphatic carbocycles. The number of thiophene rings is 1. The first kappa shape index (κ1) is 22.7. The van der Waals surface area contributed by atoms with Gasteiger partial charge in [-0.05, 0) is 36.7 Å². The van der Waals surface area contributed by atoms with Gasteiger partial charge in [-0.15, -0.1) is 11.3 Å². The van der Waals surface area contributed by atoms with Crippen LogP contribution in [-0.4, -0.2) is 53.2 Å². The number of nitrogens with zero attached hydrogens (tertiary/aromatic N) is 3. The van der Waals surface area contributed by atoms with Crippen LogP contribution >= 0.6 is 11.3 Å². The van der Waals surface area contributed by atoms with Crippen molar-refractivity contribution in [3.05, 3.63) is 47.6 Å². The Bertz CT molecular complexity index is 935. The number of aryl methyl sites for hydroxylation is 1. The minimum atomic E-state index is -0.502. The Hall–Kier alpha value is -2.98. The number of carbonyl (C=O) groups excluding carboxylic acids is 2. The van der Waals surface area contributed by atoms with Crippen molar-refractivity contribution in [2.45, 2.75) is 32.7 Å². The van der Waals surface area contributed by atoms with Crippen molar-refractivity contribution in [2.75, 3.05) is 26.2 Å². The molecule has 0 spiro atoms. The van der Waals surface area contributed by atoms with Gasteiger partial charge in [-0.2, -0.15) is 4.98 Å². The first-order valence-electron chi connectivity index (χ1n) is 10.2. The molecule has 1 amide bonds. The summed E-state index contributed by atoms with van der Waals surface area (Å²) in [5.74, 6) is 0.761. The van der Waals surface area contributed by atoms with E-state index in [2.05, 4.69) is 34.2 Å². The molecule has 0 saturated heterocycles. The van der Waals surface area contributed by atoms with Crippen molar-refractivity contribution < 1.29 is 23.3 Å². The minimum Gasteiger partial charge on any atom is -0.468 e. The molecular formula is C21H26N4O5S. The van der Waals surface area contributed by atoms with Gasteiger partial charge in [0.05, 0.1) is 23.6 Å². The Kier molecular flexibility index (Phi) is 8.36. The van der Waals surface area contributed by atoms with E-state index in [4.69, 9.17) is 13.7 Å². The second-order valence-electron chi connectivity index (χ2n) is 6.71. The summed E-state index contributed by atoms with van der Waals surface area (Å²) in [6.07, 6.45) is 1.91. The van der Waals surface area contributed by atoms with Crippen LogP contribution < -0.4 is 5.32 Å². The fourth-order valence-electron chi connectivity index (χ4n) is 3.11. The monoisotopic (exact) mass is 446 g/mol. The van der Waals surface area contributed by atoms with E-state index in [1.807, 2.05) is 29.6 Å². The SMILES string of the molecule is CCN(CC)[C@@H](CNC(=O)COC(=O)CCc1nc(-c2cccs2)no1)c1ccco1. The topological polar surface area (TPSA) is 111 Å². The zero-order valence-electron chi connectivity index (χ0n) is 17.6. The Morgan fingerprint density at radius 3 is 2.77 bits per heavy atom. The number of nitrogens with one attached hydrogen (secondary N) is 1. The van der Waals surface area contributed by atoms with Crippen molar-refractivity contribution in [1.82, 2.24) is 20.4 Å². The van der Waals surface area contributed by atoms with E-state index < -0.39 is 5.97 Å². The van der Waals surface area contributed by atoms with Gasteiger partial charge in [0.15, 0.2) is 6.61 Å². The lowest BCUT2D eigenvalue weighted by Gasteiger charge is -2.28. The van der Waals surface area contributed by atoms with E-state index in [1.165, 1.54) is 11.3 Å². The lowest BCUT2D eigenvalue weighted by atomic mass is 10.2. The summed E-state index contributed by atoms with van der Waals surface area (Å²) in [6, 6.07) is 7.42. The number of carbonyl (C=O) groups is 2. The predicted octanol–water partition coefficient (Wildman–Crippen LogP) is 3.07. The summed E-state index contributed by atoms with van der Waals surface area (Å²) in [5.41, 5.74) is 0. The third-order valence-electron chi connectivity index (χ3n) is 4.73. The van der Waals surface area contributed by atoms with Crippen LogP contribution in [0.25, 0.3) is 10.7 Å². The molecule has 3 aromatic rings. The van der Waals surface area contributed by atoms with E-state index in [9.17, 15) is 9.59 Å². The van der Waals surface area contributed by atoms with Gasteiger partial charge in [0.1, 0.15) is 5.76 Å². The van der Waals surface area contributed by atoms with Crippen molar-refractivity contribution in [1.29, 1.82) is 0 Å². The van der Waals surface area contributed by atoms with E-state index in [1.54, 1.807) is 6.26 Å². The van der Waals surface area contributed by atoms with Crippen LogP contribution in [0.5, 0.6) is 0 Å². The molecule has 9 nitrogen and oxygen atoms in total. The zero-order valence-corrected chi connectivity index (χ0v) is 18.4. The van der Waals surface area contributed by atoms with Gasteiger partial charge in [0.2, 0.25) is 11.7 Å². The molecule has 3 rings (SSSR count). The summed E-state index contributed by atoms with van der Waals surface area (Å²) in [6.45, 7) is 5.75. The molecule has 10 heteroatoms. The average Bonchev–Trinajstić information content (AvgIpc) is 3.55. The van der Waals surface area contributed by atoms with Crippen LogP contribution in [0.3, 0.4) is 0 Å². The Balaban J connectivity index is 1.40. The van der Waals surface area contributed by atoms with E-state index in [-0.39, 0.29) is 31.4 Å². The number of ether oxygens (including phenoxy) is 1. The Labute approximate surface area is 184 Å². The van der Waals surface area contributed by atoms with Gasteiger partial charge >= 0.3 is 5.97 Å². The maximum atomic E-state index is 12.2. The summed E-state index contributed by atoms with van der Waals surface area (Å²) >= 11 is 1.51. The molecule has 0 radical (unpaired) electrons. The fraction of sp³-hybridized carbons (Fsp3) is 0.429. The smallest absolute Gasteiger partial charge is 0.306 e. The molecule has 3 aromatic heterocycles. The van der Waals surface area contributed by atoms with Crippen LogP contribution in [0.15, 0.2) is 44.8 Å². The highest BCUT2D eigenvalue weighted by Crippen LogP contribution is 2.22. The maximum Gasteiger partial charge on any atom is 0.306 e. The summed E-state index contributed by atoms with van der Waals surface area (Å²) < 4.78 is 15.7. The summed E-state index contributed by atoms with van der Waals surface area (Å²) in [5, 5.41) is 8.63. The van der Waals surface area contributed by atoms with Gasteiger partial charge in [-0.25, -0.2) is 0 Å². The third-order valence-corrected chi connectivity index (χ3v) is 5.60. The molecule has 0 aliphatic rings. The van der Waals surface area contributed by atoms with E-state index in [0.717, 1.165) is 23.7 Å². The van der Waals surface area contributed by atoms with E-state index >= 15 is 0 Å². The lowest BCUT2D eigenvalue weighted by Crippen LogP contribution is -2.39. The molecule has 0 aliphatic heterocycles. The van der Waals surface area contributed by atoms with Crippen LogP contribution in [0.2, 0.25) is 0 Å². The van der Waals surface area contributed by atoms with Crippen LogP contribution in [-0.2, 0) is 20.7 Å². The highest BCUT2D eigenvalue weighted by molar-refractivity contribution is 7.13. The lowest BCUT2D eigenvalue weighted by molar-refractivity contribution is -0.148. The molecule has 1 atom stereocenters. The number of likely N-dealkylation sites (N-methyl/N-ethyl adjacent to an activating group) is 1. The highest BCUT2D eigenvalue weighted by atomic mass is 32.1. The van der Waals surface area contributed by atoms with Crippen LogP contribution in [0.1, 0.15) is 38.0 Å². The largest absolute Gasteiger partial charge is 0.468 e. The molecule has 3 heterocycles. The fourth-order valence-corrected chi connectivity index (χ4v) is 3.76. The molecule has 0 unspecified atom stereocenters. The average molecular weight is 447 g/mol. The van der Waals surface area contributed by atoms with Crippen LogP contribution in [0, 0.1) is 0 Å². The first-order valence-corrected chi connectivity index (χ1v) is 11.0. The Morgan fingerprint density at radius 2 is 2.10 bits per heavy atom. The number of hydrogen-bond donors (Lipinski definition) is 1. The number of furan rings is 1. The van der Waals surface area contributed by atoms with Gasteiger partial charge in [0.25, 0.3) is 5.91 Å². The molecule has 0 aromatic carbocycles. The Morgan fingerprint density at radius 1 is 1.26 bits per heavy atom. The summed E-state index contributed by atoms with van der Waals surface area (Å²) in [7, 11) is 0. The highest BCUT2D eigenvalue weighted by Gasteiger charge is 2.21. The minimum absolute atomic E-state index is 0.0494. The number of esters is 1. The normalized spacial score (nSPS) is 12.1. The third kappa shape index (κ3) is 6.50. The molecule has 0 saturated carbocycles. The van der Waals surface area contributed by atoms with Crippen LogP contribution in [0.4, 0.5) is 0 Å². The van der Waals surface area contributed by atoms with Gasteiger partial charge in [-0.1, -0.05) is 25.1 Å². The second-order valence-corrected chi connectivity index (χ2v) is 7.65. The quantitative estimate of drug-likeness (QED) is 0.423. The maximum absolute atomic E-state index is 12.2. The van der Waals surface area contributed by atoms with Crippen molar-refractivity contribution in [3.63, 3.8) is 0 Å². The summed E-state index contributed by atoms with van der Waals surface area (Å²) in [4.78, 5) is 31.5. The molecule has 0 fully saturated rings. The molecule has 1 N–H and O–H groups in total. The van der Waals surface area contributed by atoms with Gasteiger partial charge in [-0.3, -0.25) is 14.5 Å². The molecule has 166 valence electrons. The van der Waals surface area contributed by atoms with Crippen molar-refractivity contribution in [3.8, 4) is 10.7 Å². The standard InChI is InChI=1S/C21H26N4O5S/c1-3-25(4-2)15(16-7-5-11-28-16)13-22-18(26)14-29-20(27)10-9-19-23-21(24-30-19)17-8-6-12-31-17/h5-8,11-12,15H,3-4,9-10,13-14H2,1-2H3,(H,22,26)/t15-/m0/s1. The number of aromatic nitrogens is 2. The predicted molar refractivity (Wildman–Crippen MR) is 114 cm³/mol. The molecule has 31 heavy (non-hydrogen) atoms. The number of hydrogen-bond acceptors (Lipinski definition) is 9. The van der Waals surface area contributed by atoms with Crippen molar-refractivity contribution in [2.24, 2.45) is 0 Å². The molecular weight excluding hydrogens is 420 g/mol. The first-order chi connectivity index (χ1) is 15.1. The zero-order chi connectivity index (χ0) is 22.1. The van der Waals surface area contributed by atoms with Gasteiger partial charge in [0, 0.05) is 13.0 Å². The van der Waals surface area contributed by atoms with Gasteiger partial charge < -0.3 is 19.0 Å². The number of amides is 1. The number of rotatable bonds is 12. The van der Waals surface area contributed by atoms with Crippen molar-refractivity contribution >= 4 is 23.2 Å². The van der Waals surface area contributed by atoms with E-state index in [0.29, 0.717) is 18.3 Å². The second kappa shape index (κ2) is 11.4. The molecule has 0 bridgehead atoms.